The Bertz CT molecular complexity index is 1010. The summed E-state index contributed by atoms with van der Waals surface area (Å²) in [5.74, 6) is -0.936. The highest BCUT2D eigenvalue weighted by Crippen LogP contribution is 2.28. The maximum atomic E-state index is 13.4. The number of amides is 1. The lowest BCUT2D eigenvalue weighted by molar-refractivity contribution is -0.00119. The summed E-state index contributed by atoms with van der Waals surface area (Å²) in [6, 6.07) is 13.3. The topological polar surface area (TPSA) is 56.2 Å². The Balaban J connectivity index is 1.52. The summed E-state index contributed by atoms with van der Waals surface area (Å²) in [6.45, 7) is 0.854. The lowest BCUT2D eigenvalue weighted by Gasteiger charge is -2.24. The van der Waals surface area contributed by atoms with E-state index in [-0.39, 0.29) is 22.5 Å². The zero-order chi connectivity index (χ0) is 19.0. The summed E-state index contributed by atoms with van der Waals surface area (Å²) < 4.78 is 22.0. The van der Waals surface area contributed by atoms with Gasteiger partial charge in [0.2, 0.25) is 0 Å². The Hall–Kier alpha value is -2.22. The zero-order valence-electron chi connectivity index (χ0n) is 14.0. The number of anilines is 1. The van der Waals surface area contributed by atoms with Gasteiger partial charge >= 0.3 is 0 Å². The number of aromatic nitrogens is 2. The molecule has 3 aromatic rings. The maximum absolute atomic E-state index is 13.4. The number of hydrogen-bond acceptors (Lipinski definition) is 3. The number of benzene rings is 2. The third-order valence-electron chi connectivity index (χ3n) is 4.29. The van der Waals surface area contributed by atoms with Crippen LogP contribution in [0.5, 0.6) is 0 Å². The molecular formula is C19H14BrClFN3O2. The van der Waals surface area contributed by atoms with Crippen LogP contribution in [0.2, 0.25) is 5.02 Å². The molecule has 5 nitrogen and oxygen atoms in total. The van der Waals surface area contributed by atoms with Gasteiger partial charge in [-0.25, -0.2) is 4.39 Å². The van der Waals surface area contributed by atoms with Gasteiger partial charge in [-0.15, -0.1) is 0 Å². The van der Waals surface area contributed by atoms with Crippen molar-refractivity contribution in [2.24, 2.45) is 0 Å². The van der Waals surface area contributed by atoms with E-state index >= 15 is 0 Å². The molecule has 1 aliphatic rings. The summed E-state index contributed by atoms with van der Waals surface area (Å²) >= 11 is 9.41. The number of fused-ring (bicyclic) bond motifs is 1. The van der Waals surface area contributed by atoms with E-state index in [2.05, 4.69) is 26.3 Å². The number of carbonyl (C=O) groups is 1. The largest absolute Gasteiger partial charge is 0.365 e. The van der Waals surface area contributed by atoms with Crippen molar-refractivity contribution < 1.29 is 13.9 Å². The smallest absolute Gasteiger partial charge is 0.276 e. The molecule has 4 rings (SSSR count). The lowest BCUT2D eigenvalue weighted by atomic mass is 10.1. The van der Waals surface area contributed by atoms with Crippen LogP contribution in [0.15, 0.2) is 53.0 Å². The number of hydrogen-bond donors (Lipinski definition) is 1. The molecule has 1 atom stereocenters. The lowest BCUT2D eigenvalue weighted by Crippen LogP contribution is -2.22. The number of nitrogens with zero attached hydrogens (tertiary/aromatic N) is 2. The van der Waals surface area contributed by atoms with Gasteiger partial charge in [0.25, 0.3) is 5.91 Å². The van der Waals surface area contributed by atoms with Crippen LogP contribution >= 0.6 is 27.5 Å². The Morgan fingerprint density at radius 2 is 2.04 bits per heavy atom. The second-order valence-electron chi connectivity index (χ2n) is 6.13. The first-order chi connectivity index (χ1) is 13.0. The fraction of sp³-hybridized carbons (Fsp3) is 0.158. The second kappa shape index (κ2) is 7.42. The van der Waals surface area contributed by atoms with Crippen LogP contribution in [0.4, 0.5) is 10.1 Å². The quantitative estimate of drug-likeness (QED) is 0.613. The van der Waals surface area contributed by atoms with Crippen LogP contribution in [0, 0.1) is 5.82 Å². The fourth-order valence-electron chi connectivity index (χ4n) is 2.90. The molecule has 27 heavy (non-hydrogen) atoms. The molecule has 0 saturated carbocycles. The predicted molar refractivity (Wildman–Crippen MR) is 103 cm³/mol. The number of halogens is 3. The van der Waals surface area contributed by atoms with Gasteiger partial charge in [0, 0.05) is 4.47 Å². The van der Waals surface area contributed by atoms with Crippen molar-refractivity contribution in [3.05, 3.63) is 80.8 Å². The number of ether oxygens (including phenoxy) is 1. The summed E-state index contributed by atoms with van der Waals surface area (Å²) in [5.41, 5.74) is 2.28. The van der Waals surface area contributed by atoms with E-state index in [1.54, 1.807) is 10.7 Å². The van der Waals surface area contributed by atoms with Gasteiger partial charge in [-0.05, 0) is 42.0 Å². The third-order valence-corrected chi connectivity index (χ3v) is 5.14. The highest BCUT2D eigenvalue weighted by atomic mass is 79.9. The SMILES string of the molecule is O=C(Nc1cc(F)ccc1Cl)c1cc2n(n1)C[C@@H](c1ccc(Br)cc1)OC2. The summed E-state index contributed by atoms with van der Waals surface area (Å²) in [7, 11) is 0. The van der Waals surface area contributed by atoms with E-state index in [9.17, 15) is 9.18 Å². The van der Waals surface area contributed by atoms with E-state index in [1.807, 2.05) is 24.3 Å². The van der Waals surface area contributed by atoms with Gasteiger partial charge in [-0.1, -0.05) is 39.7 Å². The molecule has 0 radical (unpaired) electrons. The fourth-order valence-corrected chi connectivity index (χ4v) is 3.32. The van der Waals surface area contributed by atoms with Gasteiger partial charge in [0.15, 0.2) is 5.69 Å². The molecule has 1 N–H and O–H groups in total. The van der Waals surface area contributed by atoms with Crippen LogP contribution in [-0.2, 0) is 17.9 Å². The van der Waals surface area contributed by atoms with Gasteiger partial charge in [-0.2, -0.15) is 5.10 Å². The molecule has 0 spiro atoms. The van der Waals surface area contributed by atoms with Crippen molar-refractivity contribution in [2.75, 3.05) is 5.32 Å². The number of rotatable bonds is 3. The van der Waals surface area contributed by atoms with Gasteiger partial charge in [-0.3, -0.25) is 9.48 Å². The minimum absolute atomic E-state index is 0.140. The van der Waals surface area contributed by atoms with Crippen molar-refractivity contribution in [3.63, 3.8) is 0 Å². The van der Waals surface area contributed by atoms with Gasteiger partial charge in [0.05, 0.1) is 29.6 Å². The second-order valence-corrected chi connectivity index (χ2v) is 7.46. The van der Waals surface area contributed by atoms with Crippen molar-refractivity contribution in [1.82, 2.24) is 9.78 Å². The molecule has 1 aromatic heterocycles. The predicted octanol–water partition coefficient (Wildman–Crippen LogP) is 4.96. The molecule has 8 heteroatoms. The van der Waals surface area contributed by atoms with Crippen LogP contribution in [0.1, 0.15) is 27.8 Å². The molecular weight excluding hydrogens is 437 g/mol. The summed E-state index contributed by atoms with van der Waals surface area (Å²) in [6.07, 6.45) is -0.140. The summed E-state index contributed by atoms with van der Waals surface area (Å²) in [5, 5.41) is 7.22. The van der Waals surface area contributed by atoms with Gasteiger partial charge in [0.1, 0.15) is 11.9 Å². The number of carbonyl (C=O) groups excluding carboxylic acids is 1. The molecule has 1 amide bonds. The van der Waals surface area contributed by atoms with Crippen molar-refractivity contribution in [3.8, 4) is 0 Å². The Morgan fingerprint density at radius 1 is 1.26 bits per heavy atom. The highest BCUT2D eigenvalue weighted by molar-refractivity contribution is 9.10. The van der Waals surface area contributed by atoms with E-state index in [0.717, 1.165) is 15.7 Å². The zero-order valence-corrected chi connectivity index (χ0v) is 16.3. The molecule has 0 fully saturated rings. The molecule has 0 aliphatic carbocycles. The van der Waals surface area contributed by atoms with Crippen molar-refractivity contribution in [2.45, 2.75) is 19.3 Å². The average molecular weight is 451 g/mol. The van der Waals surface area contributed by atoms with E-state index in [1.165, 1.54) is 18.2 Å². The first-order valence-corrected chi connectivity index (χ1v) is 9.37. The van der Waals surface area contributed by atoms with Crippen LogP contribution in [-0.4, -0.2) is 15.7 Å². The average Bonchev–Trinajstić information content (AvgIpc) is 3.09. The Labute approximate surface area is 168 Å². The van der Waals surface area contributed by atoms with Gasteiger partial charge < -0.3 is 10.1 Å². The molecule has 0 saturated heterocycles. The minimum Gasteiger partial charge on any atom is -0.365 e. The van der Waals surface area contributed by atoms with E-state index in [0.29, 0.717) is 13.2 Å². The monoisotopic (exact) mass is 449 g/mol. The third kappa shape index (κ3) is 3.90. The van der Waals surface area contributed by atoms with Crippen molar-refractivity contribution in [1.29, 1.82) is 0 Å². The highest BCUT2D eigenvalue weighted by Gasteiger charge is 2.24. The number of nitrogens with one attached hydrogen (secondary N) is 1. The minimum atomic E-state index is -0.482. The van der Waals surface area contributed by atoms with E-state index < -0.39 is 11.7 Å². The molecule has 2 heterocycles. The molecule has 0 unspecified atom stereocenters. The molecule has 1 aliphatic heterocycles. The van der Waals surface area contributed by atoms with Crippen LogP contribution in [0.25, 0.3) is 0 Å². The van der Waals surface area contributed by atoms with Crippen LogP contribution < -0.4 is 5.32 Å². The van der Waals surface area contributed by atoms with E-state index in [4.69, 9.17) is 16.3 Å². The normalized spacial score (nSPS) is 16.0. The molecule has 0 bridgehead atoms. The first-order valence-electron chi connectivity index (χ1n) is 8.20. The maximum Gasteiger partial charge on any atom is 0.276 e. The first kappa shape index (κ1) is 18.2. The Kier molecular flexibility index (Phi) is 4.99. The summed E-state index contributed by atoms with van der Waals surface area (Å²) in [4.78, 5) is 12.5. The van der Waals surface area contributed by atoms with Crippen molar-refractivity contribution >= 4 is 39.1 Å². The van der Waals surface area contributed by atoms with Crippen LogP contribution in [0.3, 0.4) is 0 Å². The Morgan fingerprint density at radius 3 is 2.81 bits per heavy atom. The molecule has 2 aromatic carbocycles. The molecule has 138 valence electrons. The standard InChI is InChI=1S/C19H14BrClFN3O2/c20-12-3-1-11(2-4-12)18-9-25-14(10-27-18)8-17(24-25)19(26)23-16-7-13(22)5-6-15(16)21/h1-8,18H,9-10H2,(H,23,26)/t18-/m0/s1.